The molecule has 0 aliphatic heterocycles. The van der Waals surface area contributed by atoms with E-state index in [4.69, 9.17) is 9.47 Å². The van der Waals surface area contributed by atoms with Gasteiger partial charge in [-0.25, -0.2) is 0 Å². The lowest BCUT2D eigenvalue weighted by Gasteiger charge is -2.12. The number of hydrogen-bond donors (Lipinski definition) is 1. The maximum absolute atomic E-state index is 11.1. The Hall–Kier alpha value is -1.63. The first-order chi connectivity index (χ1) is 10.1. The number of nitro benzene ring substituents is 1. The van der Waals surface area contributed by atoms with E-state index >= 15 is 0 Å². The average Bonchev–Trinajstić information content (AvgIpc) is 2.49. The highest BCUT2D eigenvalue weighted by Crippen LogP contribution is 2.37. The highest BCUT2D eigenvalue weighted by molar-refractivity contribution is 7.98. The molecular weight excluding hydrogens is 292 g/mol. The van der Waals surface area contributed by atoms with Crippen LogP contribution in [0.5, 0.6) is 11.5 Å². The molecule has 0 aliphatic carbocycles. The van der Waals surface area contributed by atoms with Gasteiger partial charge in [-0.05, 0) is 24.9 Å². The third kappa shape index (κ3) is 5.34. The van der Waals surface area contributed by atoms with Crippen molar-refractivity contribution in [1.82, 2.24) is 0 Å². The molecule has 1 aromatic carbocycles. The van der Waals surface area contributed by atoms with E-state index in [-0.39, 0.29) is 5.69 Å². The SMILES string of the molecule is COc1cc(NCCCCCSC)c([N+](=O)[O-])cc1OC. The van der Waals surface area contributed by atoms with Crippen molar-refractivity contribution in [2.75, 3.05) is 38.1 Å². The van der Waals surface area contributed by atoms with Crippen molar-refractivity contribution in [3.05, 3.63) is 22.2 Å². The van der Waals surface area contributed by atoms with Gasteiger partial charge in [-0.15, -0.1) is 0 Å². The minimum atomic E-state index is -0.419. The van der Waals surface area contributed by atoms with Crippen molar-refractivity contribution in [3.8, 4) is 11.5 Å². The average molecular weight is 314 g/mol. The summed E-state index contributed by atoms with van der Waals surface area (Å²) in [5, 5.41) is 14.2. The summed E-state index contributed by atoms with van der Waals surface area (Å²) >= 11 is 1.83. The molecule has 0 unspecified atom stereocenters. The van der Waals surface area contributed by atoms with Crippen LogP contribution in [0.1, 0.15) is 19.3 Å². The van der Waals surface area contributed by atoms with Gasteiger partial charge in [0.05, 0.1) is 25.2 Å². The fourth-order valence-corrected chi connectivity index (χ4v) is 2.42. The van der Waals surface area contributed by atoms with E-state index in [1.807, 2.05) is 11.8 Å². The molecule has 1 aromatic rings. The smallest absolute Gasteiger partial charge is 0.296 e. The summed E-state index contributed by atoms with van der Waals surface area (Å²) in [6.07, 6.45) is 5.34. The number of rotatable bonds is 10. The number of hydrogen-bond acceptors (Lipinski definition) is 6. The molecular formula is C14H22N2O4S. The van der Waals surface area contributed by atoms with Crippen molar-refractivity contribution < 1.29 is 14.4 Å². The van der Waals surface area contributed by atoms with Crippen LogP contribution < -0.4 is 14.8 Å². The number of unbranched alkanes of at least 4 members (excludes halogenated alkanes) is 2. The first kappa shape index (κ1) is 17.4. The highest BCUT2D eigenvalue weighted by atomic mass is 32.2. The van der Waals surface area contributed by atoms with Crippen LogP contribution in [0.15, 0.2) is 12.1 Å². The Morgan fingerprint density at radius 2 is 1.86 bits per heavy atom. The molecule has 21 heavy (non-hydrogen) atoms. The summed E-state index contributed by atoms with van der Waals surface area (Å²) in [4.78, 5) is 10.7. The predicted molar refractivity (Wildman–Crippen MR) is 86.9 cm³/mol. The summed E-state index contributed by atoms with van der Waals surface area (Å²) in [6.45, 7) is 0.699. The van der Waals surface area contributed by atoms with Gasteiger partial charge in [0.25, 0.3) is 5.69 Å². The molecule has 118 valence electrons. The van der Waals surface area contributed by atoms with Gasteiger partial charge in [0.2, 0.25) is 0 Å². The van der Waals surface area contributed by atoms with Crippen LogP contribution in [0.4, 0.5) is 11.4 Å². The van der Waals surface area contributed by atoms with E-state index in [9.17, 15) is 10.1 Å². The fourth-order valence-electron chi connectivity index (χ4n) is 1.93. The Balaban J connectivity index is 2.72. The van der Waals surface area contributed by atoms with Gasteiger partial charge in [-0.1, -0.05) is 6.42 Å². The normalized spacial score (nSPS) is 10.2. The standard InChI is InChI=1S/C14H22N2O4S/c1-19-13-9-11(15-7-5-4-6-8-21-3)12(16(17)18)10-14(13)20-2/h9-10,15H,4-8H2,1-3H3. The molecule has 0 saturated carbocycles. The molecule has 0 amide bonds. The van der Waals surface area contributed by atoms with Gasteiger partial charge in [0, 0.05) is 12.6 Å². The Kier molecular flexibility index (Phi) is 7.74. The van der Waals surface area contributed by atoms with E-state index in [0.717, 1.165) is 25.0 Å². The van der Waals surface area contributed by atoms with E-state index in [2.05, 4.69) is 11.6 Å². The van der Waals surface area contributed by atoms with Gasteiger partial charge in [-0.3, -0.25) is 10.1 Å². The Bertz CT molecular complexity index is 469. The van der Waals surface area contributed by atoms with E-state index in [1.165, 1.54) is 20.3 Å². The summed E-state index contributed by atoms with van der Waals surface area (Å²) in [5.74, 6) is 1.99. The van der Waals surface area contributed by atoms with Crippen molar-refractivity contribution in [1.29, 1.82) is 0 Å². The third-order valence-electron chi connectivity index (χ3n) is 3.04. The predicted octanol–water partition coefficient (Wildman–Crippen LogP) is 3.56. The lowest BCUT2D eigenvalue weighted by atomic mass is 10.2. The lowest BCUT2D eigenvalue weighted by molar-refractivity contribution is -0.384. The number of anilines is 1. The van der Waals surface area contributed by atoms with Gasteiger partial charge in [0.1, 0.15) is 5.69 Å². The van der Waals surface area contributed by atoms with Gasteiger partial charge >= 0.3 is 0 Å². The van der Waals surface area contributed by atoms with Crippen LogP contribution >= 0.6 is 11.8 Å². The van der Waals surface area contributed by atoms with Gasteiger partial charge in [0.15, 0.2) is 11.5 Å². The second-order valence-electron chi connectivity index (χ2n) is 4.46. The van der Waals surface area contributed by atoms with Crippen molar-refractivity contribution in [2.45, 2.75) is 19.3 Å². The molecule has 0 spiro atoms. The maximum atomic E-state index is 11.1. The third-order valence-corrected chi connectivity index (χ3v) is 3.74. The Morgan fingerprint density at radius 1 is 1.19 bits per heavy atom. The first-order valence-electron chi connectivity index (χ1n) is 6.77. The molecule has 7 heteroatoms. The molecule has 0 bridgehead atoms. The van der Waals surface area contributed by atoms with Crippen molar-refractivity contribution in [3.63, 3.8) is 0 Å². The zero-order valence-corrected chi connectivity index (χ0v) is 13.5. The summed E-state index contributed by atoms with van der Waals surface area (Å²) in [6, 6.07) is 2.99. The summed E-state index contributed by atoms with van der Waals surface area (Å²) < 4.78 is 10.3. The van der Waals surface area contributed by atoms with E-state index < -0.39 is 4.92 Å². The number of nitrogens with zero attached hydrogens (tertiary/aromatic N) is 1. The van der Waals surface area contributed by atoms with Gasteiger partial charge in [-0.2, -0.15) is 11.8 Å². The number of thioether (sulfide) groups is 1. The number of methoxy groups -OCH3 is 2. The molecule has 0 radical (unpaired) electrons. The number of nitro groups is 1. The molecule has 0 heterocycles. The van der Waals surface area contributed by atoms with Crippen molar-refractivity contribution >= 4 is 23.1 Å². The second-order valence-corrected chi connectivity index (χ2v) is 5.45. The van der Waals surface area contributed by atoms with Crippen LogP contribution in [0.3, 0.4) is 0 Å². The molecule has 6 nitrogen and oxygen atoms in total. The van der Waals surface area contributed by atoms with Crippen LogP contribution in [0.2, 0.25) is 0 Å². The Morgan fingerprint density at radius 3 is 2.43 bits per heavy atom. The zero-order chi connectivity index (χ0) is 15.7. The fraction of sp³-hybridized carbons (Fsp3) is 0.571. The van der Waals surface area contributed by atoms with Crippen LogP contribution in [-0.4, -0.2) is 37.7 Å². The first-order valence-corrected chi connectivity index (χ1v) is 8.16. The minimum absolute atomic E-state index is 0.00300. The Labute approximate surface area is 129 Å². The van der Waals surface area contributed by atoms with Crippen molar-refractivity contribution in [2.24, 2.45) is 0 Å². The molecule has 0 fully saturated rings. The number of benzene rings is 1. The van der Waals surface area contributed by atoms with Crippen LogP contribution in [0, 0.1) is 10.1 Å². The lowest BCUT2D eigenvalue weighted by Crippen LogP contribution is -2.05. The summed E-state index contributed by atoms with van der Waals surface area (Å²) in [5.41, 5.74) is 0.458. The zero-order valence-electron chi connectivity index (χ0n) is 12.7. The highest BCUT2D eigenvalue weighted by Gasteiger charge is 2.19. The topological polar surface area (TPSA) is 73.6 Å². The quantitative estimate of drug-likeness (QED) is 0.404. The van der Waals surface area contributed by atoms with Crippen LogP contribution in [0.25, 0.3) is 0 Å². The number of nitrogens with one attached hydrogen (secondary N) is 1. The van der Waals surface area contributed by atoms with E-state index in [0.29, 0.717) is 23.7 Å². The molecule has 0 atom stereocenters. The molecule has 0 aliphatic rings. The number of ether oxygens (including phenoxy) is 2. The summed E-state index contributed by atoms with van der Waals surface area (Å²) in [7, 11) is 2.97. The van der Waals surface area contributed by atoms with E-state index in [1.54, 1.807) is 6.07 Å². The second kappa shape index (κ2) is 9.33. The van der Waals surface area contributed by atoms with Gasteiger partial charge < -0.3 is 14.8 Å². The molecule has 0 saturated heterocycles. The molecule has 0 aromatic heterocycles. The largest absolute Gasteiger partial charge is 0.493 e. The maximum Gasteiger partial charge on any atom is 0.296 e. The molecule has 1 rings (SSSR count). The minimum Gasteiger partial charge on any atom is -0.493 e. The molecule has 1 N–H and O–H groups in total. The monoisotopic (exact) mass is 314 g/mol. The van der Waals surface area contributed by atoms with Crippen LogP contribution in [-0.2, 0) is 0 Å².